The molecular formula is C9H11N3O2. The number of fused-ring (bicyclic) bond motifs is 1. The zero-order valence-corrected chi connectivity index (χ0v) is 7.86. The molecule has 0 bridgehead atoms. The highest BCUT2D eigenvalue weighted by Gasteiger charge is 2.10. The summed E-state index contributed by atoms with van der Waals surface area (Å²) in [4.78, 5) is 8.26. The molecule has 0 atom stereocenters. The fourth-order valence-corrected chi connectivity index (χ4v) is 1.26. The molecule has 0 aliphatic carbocycles. The smallest absolute Gasteiger partial charge is 0.243 e. The maximum absolute atomic E-state index is 5.44. The number of nitrogens with zero attached hydrogens (tertiary/aromatic N) is 2. The van der Waals surface area contributed by atoms with E-state index < -0.39 is 0 Å². The van der Waals surface area contributed by atoms with Gasteiger partial charge < -0.3 is 14.9 Å². The summed E-state index contributed by atoms with van der Waals surface area (Å²) < 4.78 is 10.5. The van der Waals surface area contributed by atoms with Crippen molar-refractivity contribution in [2.75, 3.05) is 13.7 Å². The second-order valence-electron chi connectivity index (χ2n) is 2.81. The van der Waals surface area contributed by atoms with Gasteiger partial charge in [0, 0.05) is 25.2 Å². The molecule has 2 rings (SSSR count). The minimum absolute atomic E-state index is 0.481. The van der Waals surface area contributed by atoms with Crippen LogP contribution in [0.15, 0.2) is 16.7 Å². The molecule has 2 N–H and O–H groups in total. The SMILES string of the molecule is COc1nccc2oc(CCN)nc12. The van der Waals surface area contributed by atoms with E-state index in [9.17, 15) is 0 Å². The molecule has 2 heterocycles. The number of ether oxygens (including phenoxy) is 1. The number of methoxy groups -OCH3 is 1. The lowest BCUT2D eigenvalue weighted by Crippen LogP contribution is -2.02. The van der Waals surface area contributed by atoms with Crippen LogP contribution >= 0.6 is 0 Å². The molecule has 2 aromatic heterocycles. The Labute approximate surface area is 80.9 Å². The topological polar surface area (TPSA) is 74.2 Å². The standard InChI is InChI=1S/C9H11N3O2/c1-13-9-8-6(3-5-11-9)14-7(12-8)2-4-10/h3,5H,2,4,10H2,1H3. The molecule has 0 saturated heterocycles. The summed E-state index contributed by atoms with van der Waals surface area (Å²) in [6, 6.07) is 1.75. The van der Waals surface area contributed by atoms with E-state index in [0.29, 0.717) is 35.8 Å². The lowest BCUT2D eigenvalue weighted by atomic mass is 10.4. The first kappa shape index (κ1) is 8.96. The Kier molecular flexibility index (Phi) is 2.32. The van der Waals surface area contributed by atoms with Gasteiger partial charge in [0.25, 0.3) is 0 Å². The molecule has 74 valence electrons. The van der Waals surface area contributed by atoms with Crippen LogP contribution in [0.4, 0.5) is 0 Å². The highest BCUT2D eigenvalue weighted by atomic mass is 16.5. The first-order valence-electron chi connectivity index (χ1n) is 4.33. The highest BCUT2D eigenvalue weighted by molar-refractivity contribution is 5.77. The zero-order valence-electron chi connectivity index (χ0n) is 7.86. The van der Waals surface area contributed by atoms with E-state index in [1.165, 1.54) is 0 Å². The molecule has 2 aromatic rings. The van der Waals surface area contributed by atoms with Crippen molar-refractivity contribution >= 4 is 11.1 Å². The van der Waals surface area contributed by atoms with Crippen LogP contribution in [-0.4, -0.2) is 23.6 Å². The van der Waals surface area contributed by atoms with Crippen molar-refractivity contribution in [3.8, 4) is 5.88 Å². The van der Waals surface area contributed by atoms with Gasteiger partial charge in [0.2, 0.25) is 5.88 Å². The number of aromatic nitrogens is 2. The normalized spacial score (nSPS) is 10.7. The number of nitrogens with two attached hydrogens (primary N) is 1. The van der Waals surface area contributed by atoms with Crippen LogP contribution in [0.3, 0.4) is 0 Å². The summed E-state index contributed by atoms with van der Waals surface area (Å²) in [6.07, 6.45) is 2.25. The summed E-state index contributed by atoms with van der Waals surface area (Å²) in [5.74, 6) is 1.10. The van der Waals surface area contributed by atoms with E-state index >= 15 is 0 Å². The van der Waals surface area contributed by atoms with Gasteiger partial charge in [-0.05, 0) is 0 Å². The fraction of sp³-hybridized carbons (Fsp3) is 0.333. The van der Waals surface area contributed by atoms with E-state index in [0.717, 1.165) is 0 Å². The molecule has 0 aliphatic heterocycles. The minimum Gasteiger partial charge on any atom is -0.479 e. The van der Waals surface area contributed by atoms with Gasteiger partial charge in [-0.2, -0.15) is 0 Å². The van der Waals surface area contributed by atoms with Crippen LogP contribution in [0.25, 0.3) is 11.1 Å². The van der Waals surface area contributed by atoms with Gasteiger partial charge >= 0.3 is 0 Å². The summed E-state index contributed by atoms with van der Waals surface area (Å²) in [7, 11) is 1.55. The van der Waals surface area contributed by atoms with Crippen molar-refractivity contribution in [1.29, 1.82) is 0 Å². The molecule has 5 heteroatoms. The fourth-order valence-electron chi connectivity index (χ4n) is 1.26. The van der Waals surface area contributed by atoms with Crippen molar-refractivity contribution in [3.63, 3.8) is 0 Å². The van der Waals surface area contributed by atoms with Crippen LogP contribution in [-0.2, 0) is 6.42 Å². The molecule has 0 amide bonds. The number of hydrogen-bond donors (Lipinski definition) is 1. The Bertz CT molecular complexity index is 439. The first-order chi connectivity index (χ1) is 6.85. The monoisotopic (exact) mass is 193 g/mol. The van der Waals surface area contributed by atoms with E-state index in [1.54, 1.807) is 19.4 Å². The van der Waals surface area contributed by atoms with Gasteiger partial charge in [-0.15, -0.1) is 0 Å². The van der Waals surface area contributed by atoms with Crippen LogP contribution in [0.5, 0.6) is 5.88 Å². The molecule has 14 heavy (non-hydrogen) atoms. The van der Waals surface area contributed by atoms with Crippen molar-refractivity contribution in [3.05, 3.63) is 18.2 Å². The molecule has 0 spiro atoms. The van der Waals surface area contributed by atoms with Gasteiger partial charge in [-0.25, -0.2) is 9.97 Å². The summed E-state index contributed by atoms with van der Waals surface area (Å²) in [5.41, 5.74) is 6.74. The van der Waals surface area contributed by atoms with Gasteiger partial charge in [0.05, 0.1) is 7.11 Å². The summed E-state index contributed by atoms with van der Waals surface area (Å²) in [5, 5.41) is 0. The Morgan fingerprint density at radius 2 is 2.43 bits per heavy atom. The van der Waals surface area contributed by atoms with Gasteiger partial charge in [0.1, 0.15) is 0 Å². The summed E-state index contributed by atoms with van der Waals surface area (Å²) in [6.45, 7) is 0.516. The lowest BCUT2D eigenvalue weighted by molar-refractivity contribution is 0.402. The summed E-state index contributed by atoms with van der Waals surface area (Å²) >= 11 is 0. The van der Waals surface area contributed by atoms with E-state index in [-0.39, 0.29) is 0 Å². The molecule has 0 unspecified atom stereocenters. The molecule has 0 aliphatic rings. The van der Waals surface area contributed by atoms with E-state index in [2.05, 4.69) is 9.97 Å². The molecule has 0 radical (unpaired) electrons. The Hall–Kier alpha value is -1.62. The average Bonchev–Trinajstić information content (AvgIpc) is 2.60. The number of hydrogen-bond acceptors (Lipinski definition) is 5. The molecule has 0 fully saturated rings. The predicted octanol–water partition coefficient (Wildman–Crippen LogP) is 0.733. The minimum atomic E-state index is 0.481. The Morgan fingerprint density at radius 1 is 1.57 bits per heavy atom. The Balaban J connectivity index is 2.52. The molecule has 5 nitrogen and oxygen atoms in total. The van der Waals surface area contributed by atoms with Crippen LogP contribution in [0, 0.1) is 0 Å². The van der Waals surface area contributed by atoms with Gasteiger partial charge in [0.15, 0.2) is 17.0 Å². The number of rotatable bonds is 3. The van der Waals surface area contributed by atoms with E-state index in [4.69, 9.17) is 14.9 Å². The largest absolute Gasteiger partial charge is 0.479 e. The number of pyridine rings is 1. The van der Waals surface area contributed by atoms with Crippen LogP contribution in [0.2, 0.25) is 0 Å². The molecular weight excluding hydrogens is 182 g/mol. The second kappa shape index (κ2) is 3.63. The average molecular weight is 193 g/mol. The maximum Gasteiger partial charge on any atom is 0.243 e. The van der Waals surface area contributed by atoms with Crippen molar-refractivity contribution < 1.29 is 9.15 Å². The van der Waals surface area contributed by atoms with E-state index in [1.807, 2.05) is 0 Å². The first-order valence-corrected chi connectivity index (χ1v) is 4.33. The maximum atomic E-state index is 5.44. The quantitative estimate of drug-likeness (QED) is 0.777. The lowest BCUT2D eigenvalue weighted by Gasteiger charge is -1.95. The predicted molar refractivity (Wildman–Crippen MR) is 51.1 cm³/mol. The van der Waals surface area contributed by atoms with Crippen LogP contribution in [0.1, 0.15) is 5.89 Å². The zero-order chi connectivity index (χ0) is 9.97. The van der Waals surface area contributed by atoms with Gasteiger partial charge in [-0.3, -0.25) is 0 Å². The number of oxazole rings is 1. The molecule has 0 saturated carbocycles. The van der Waals surface area contributed by atoms with Crippen LogP contribution < -0.4 is 10.5 Å². The third kappa shape index (κ3) is 1.42. The van der Waals surface area contributed by atoms with Crippen molar-refractivity contribution in [2.24, 2.45) is 5.73 Å². The third-order valence-electron chi connectivity index (χ3n) is 1.87. The van der Waals surface area contributed by atoms with Gasteiger partial charge in [-0.1, -0.05) is 0 Å². The third-order valence-corrected chi connectivity index (χ3v) is 1.87. The highest BCUT2D eigenvalue weighted by Crippen LogP contribution is 2.22. The second-order valence-corrected chi connectivity index (χ2v) is 2.81. The van der Waals surface area contributed by atoms with Crippen molar-refractivity contribution in [2.45, 2.75) is 6.42 Å². The molecule has 0 aromatic carbocycles. The van der Waals surface area contributed by atoms with Crippen molar-refractivity contribution in [1.82, 2.24) is 9.97 Å². The Morgan fingerprint density at radius 3 is 3.14 bits per heavy atom.